The Morgan fingerprint density at radius 3 is 1.56 bits per heavy atom. The average molecular weight is 700 g/mol. The molecule has 5 nitrogen and oxygen atoms in total. The third-order valence-electron chi connectivity index (χ3n) is 11.1. The lowest BCUT2D eigenvalue weighted by Crippen LogP contribution is -2.02. The van der Waals surface area contributed by atoms with Crippen molar-refractivity contribution in [3.63, 3.8) is 0 Å². The highest BCUT2D eigenvalue weighted by Gasteiger charge is 2.23. The second-order valence-electron chi connectivity index (χ2n) is 13.9. The van der Waals surface area contributed by atoms with Gasteiger partial charge in [-0.25, -0.2) is 4.85 Å². The Kier molecular flexibility index (Phi) is 6.61. The maximum Gasteiger partial charge on any atom is 0.211 e. The lowest BCUT2D eigenvalue weighted by atomic mass is 9.97. The number of aromatic nitrogens is 3. The number of rotatable bonds is 4. The third kappa shape index (κ3) is 4.33. The molecule has 5 heteroatoms. The molecule has 55 heavy (non-hydrogen) atoms. The van der Waals surface area contributed by atoms with E-state index >= 15 is 0 Å². The molecule has 8 aromatic carbocycles. The molecule has 0 aliphatic carbocycles. The van der Waals surface area contributed by atoms with Gasteiger partial charge in [0, 0.05) is 38.2 Å². The van der Waals surface area contributed by atoms with Crippen LogP contribution in [0, 0.1) is 17.9 Å². The SMILES string of the molecule is [C-]#[N+]c1cccc2c3ccccc3n(-c3cccc(C#N)c3-c3cccc(-n4c5ccccc5c5cccc(-n6c7ccccc7c7ccccc76)c54)c3)c12. The van der Waals surface area contributed by atoms with Gasteiger partial charge in [-0.15, -0.1) is 0 Å². The van der Waals surface area contributed by atoms with E-state index in [9.17, 15) is 5.26 Å². The quantitative estimate of drug-likeness (QED) is 0.169. The van der Waals surface area contributed by atoms with Gasteiger partial charge in [0.15, 0.2) is 0 Å². The van der Waals surface area contributed by atoms with Crippen molar-refractivity contribution in [2.24, 2.45) is 0 Å². The molecule has 0 saturated carbocycles. The zero-order chi connectivity index (χ0) is 36.6. The molecule has 11 aromatic rings. The molecule has 254 valence electrons. The Morgan fingerprint density at radius 2 is 0.927 bits per heavy atom. The van der Waals surface area contributed by atoms with Crippen LogP contribution in [0.2, 0.25) is 0 Å². The van der Waals surface area contributed by atoms with Crippen molar-refractivity contribution in [2.75, 3.05) is 0 Å². The summed E-state index contributed by atoms with van der Waals surface area (Å²) in [7, 11) is 0. The number of hydrogen-bond acceptors (Lipinski definition) is 1. The van der Waals surface area contributed by atoms with Crippen LogP contribution in [0.25, 0.3) is 98.5 Å². The van der Waals surface area contributed by atoms with E-state index in [0.717, 1.165) is 77.4 Å². The minimum Gasteiger partial charge on any atom is -0.318 e. The minimum absolute atomic E-state index is 0.564. The van der Waals surface area contributed by atoms with Gasteiger partial charge in [-0.2, -0.15) is 5.26 Å². The molecule has 0 saturated heterocycles. The van der Waals surface area contributed by atoms with Gasteiger partial charge in [0.1, 0.15) is 0 Å². The standard InChI is InChI=1S/C50H29N5/c1-52-41-23-12-21-39-37-19-5-9-27-45(37)55(49(39)41)46-28-11-15-33(31-51)48(46)32-14-10-16-34(30-32)53-42-24-6-4-20-38(42)40-22-13-29-47(50(40)53)54-43-25-7-2-17-35(43)36-18-3-8-26-44(36)54/h2-30H. The van der Waals surface area contributed by atoms with Crippen molar-refractivity contribution < 1.29 is 0 Å². The molecule has 0 aliphatic heterocycles. The second kappa shape index (κ2) is 11.8. The van der Waals surface area contributed by atoms with E-state index in [1.165, 1.54) is 16.2 Å². The van der Waals surface area contributed by atoms with Gasteiger partial charge >= 0.3 is 0 Å². The van der Waals surface area contributed by atoms with E-state index in [0.29, 0.717) is 11.3 Å². The largest absolute Gasteiger partial charge is 0.318 e. The molecule has 0 bridgehead atoms. The van der Waals surface area contributed by atoms with Crippen molar-refractivity contribution in [3.8, 4) is 34.3 Å². The Labute approximate surface area is 316 Å². The highest BCUT2D eigenvalue weighted by atomic mass is 15.1. The molecule has 0 N–H and O–H groups in total. The van der Waals surface area contributed by atoms with Crippen LogP contribution < -0.4 is 0 Å². The summed E-state index contributed by atoms with van der Waals surface area (Å²) in [6, 6.07) is 63.6. The minimum atomic E-state index is 0.564. The number of nitrogens with zero attached hydrogens (tertiary/aromatic N) is 5. The zero-order valence-corrected chi connectivity index (χ0v) is 29.5. The molecular weight excluding hydrogens is 671 g/mol. The summed E-state index contributed by atoms with van der Waals surface area (Å²) in [5.41, 5.74) is 12.1. The lowest BCUT2D eigenvalue weighted by molar-refractivity contribution is 1.13. The number of fused-ring (bicyclic) bond motifs is 9. The smallest absolute Gasteiger partial charge is 0.211 e. The summed E-state index contributed by atoms with van der Waals surface area (Å²) in [4.78, 5) is 3.96. The maximum atomic E-state index is 10.7. The molecule has 0 radical (unpaired) electrons. The van der Waals surface area contributed by atoms with Crippen molar-refractivity contribution in [2.45, 2.75) is 0 Å². The van der Waals surface area contributed by atoms with Gasteiger partial charge in [0.05, 0.1) is 62.7 Å². The normalized spacial score (nSPS) is 11.6. The average Bonchev–Trinajstić information content (AvgIpc) is 3.89. The Morgan fingerprint density at radius 1 is 0.436 bits per heavy atom. The fourth-order valence-corrected chi connectivity index (χ4v) is 8.90. The van der Waals surface area contributed by atoms with Crippen LogP contribution in [0.3, 0.4) is 0 Å². The van der Waals surface area contributed by atoms with Crippen LogP contribution in [0.15, 0.2) is 176 Å². The first-order chi connectivity index (χ1) is 27.2. The van der Waals surface area contributed by atoms with Gasteiger partial charge in [-0.1, -0.05) is 121 Å². The Balaban J connectivity index is 1.22. The van der Waals surface area contributed by atoms with Crippen LogP contribution in [0.1, 0.15) is 5.56 Å². The van der Waals surface area contributed by atoms with Gasteiger partial charge in [-0.05, 0) is 65.5 Å². The van der Waals surface area contributed by atoms with Gasteiger partial charge in [0.25, 0.3) is 0 Å². The van der Waals surface area contributed by atoms with Crippen LogP contribution in [0.4, 0.5) is 5.69 Å². The molecular formula is C50H29N5. The summed E-state index contributed by atoms with van der Waals surface area (Å²) in [6.07, 6.45) is 0. The van der Waals surface area contributed by atoms with Crippen molar-refractivity contribution in [3.05, 3.63) is 193 Å². The molecule has 0 fully saturated rings. The second-order valence-corrected chi connectivity index (χ2v) is 13.9. The van der Waals surface area contributed by atoms with Crippen LogP contribution in [0.5, 0.6) is 0 Å². The van der Waals surface area contributed by atoms with E-state index in [1.54, 1.807) is 0 Å². The lowest BCUT2D eigenvalue weighted by Gasteiger charge is -2.18. The van der Waals surface area contributed by atoms with E-state index in [1.807, 2.05) is 36.4 Å². The fraction of sp³-hybridized carbons (Fsp3) is 0. The molecule has 0 unspecified atom stereocenters. The molecule has 3 aromatic heterocycles. The van der Waals surface area contributed by atoms with Crippen LogP contribution in [-0.2, 0) is 0 Å². The Hall–Kier alpha value is -7.86. The molecule has 11 rings (SSSR count). The van der Waals surface area contributed by atoms with Crippen molar-refractivity contribution in [1.82, 2.24) is 13.7 Å². The van der Waals surface area contributed by atoms with Crippen molar-refractivity contribution >= 4 is 71.1 Å². The first kappa shape index (κ1) is 30.7. The molecule has 3 heterocycles. The topological polar surface area (TPSA) is 42.9 Å². The highest BCUT2D eigenvalue weighted by molar-refractivity contribution is 6.16. The zero-order valence-electron chi connectivity index (χ0n) is 29.5. The first-order valence-corrected chi connectivity index (χ1v) is 18.3. The van der Waals surface area contributed by atoms with Gasteiger partial charge < -0.3 is 13.7 Å². The third-order valence-corrected chi connectivity index (χ3v) is 11.1. The summed E-state index contributed by atoms with van der Waals surface area (Å²) < 4.78 is 6.94. The number of benzene rings is 8. The van der Waals surface area contributed by atoms with Crippen LogP contribution >= 0.6 is 0 Å². The summed E-state index contributed by atoms with van der Waals surface area (Å²) in [6.45, 7) is 8.11. The predicted molar refractivity (Wildman–Crippen MR) is 226 cm³/mol. The molecule has 0 atom stereocenters. The van der Waals surface area contributed by atoms with E-state index in [2.05, 4.69) is 164 Å². The maximum absolute atomic E-state index is 10.7. The monoisotopic (exact) mass is 699 g/mol. The number of para-hydroxylation sites is 6. The van der Waals surface area contributed by atoms with Crippen molar-refractivity contribution in [1.29, 1.82) is 5.26 Å². The molecule has 0 amide bonds. The fourth-order valence-electron chi connectivity index (χ4n) is 8.90. The summed E-state index contributed by atoms with van der Waals surface area (Å²) in [5.74, 6) is 0. The number of hydrogen-bond donors (Lipinski definition) is 0. The summed E-state index contributed by atoms with van der Waals surface area (Å²) >= 11 is 0. The highest BCUT2D eigenvalue weighted by Crippen LogP contribution is 2.43. The molecule has 0 aliphatic rings. The molecule has 0 spiro atoms. The first-order valence-electron chi connectivity index (χ1n) is 18.3. The predicted octanol–water partition coefficient (Wildman–Crippen LogP) is 13.1. The van der Waals surface area contributed by atoms with E-state index in [4.69, 9.17) is 6.57 Å². The Bertz CT molecular complexity index is 3420. The van der Waals surface area contributed by atoms with E-state index < -0.39 is 0 Å². The van der Waals surface area contributed by atoms with Crippen LogP contribution in [-0.4, -0.2) is 13.7 Å². The van der Waals surface area contributed by atoms with E-state index in [-0.39, 0.29) is 0 Å². The van der Waals surface area contributed by atoms with Gasteiger partial charge in [0.2, 0.25) is 5.69 Å². The van der Waals surface area contributed by atoms with Gasteiger partial charge in [-0.3, -0.25) is 0 Å². The number of nitriles is 1. The summed E-state index contributed by atoms with van der Waals surface area (Å²) in [5, 5.41) is 17.5.